The Morgan fingerprint density at radius 2 is 1.68 bits per heavy atom. The number of halogens is 3. The molecular weight excluding hydrogens is 389 g/mol. The van der Waals surface area contributed by atoms with Crippen LogP contribution in [0, 0.1) is 13.8 Å². The standard InChI is InChI=1S/C19H19F3N4OS/c1-12-4-3-5-13(2)17(12)27-10-16-24-25-18(26(16)23)28-11-14-6-8-15(9-7-14)19(20,21)22/h3-9H,10-11,23H2,1-2H3. The van der Waals surface area contributed by atoms with E-state index >= 15 is 0 Å². The SMILES string of the molecule is Cc1cccc(C)c1OCc1nnc(SCc2ccc(C(F)(F)F)cc2)n1N. The number of alkyl halides is 3. The van der Waals surface area contributed by atoms with Crippen molar-refractivity contribution in [3.8, 4) is 5.75 Å². The fourth-order valence-electron chi connectivity index (χ4n) is 2.61. The molecule has 0 aliphatic rings. The first-order valence-corrected chi connectivity index (χ1v) is 9.41. The van der Waals surface area contributed by atoms with E-state index in [9.17, 15) is 13.2 Å². The van der Waals surface area contributed by atoms with Gasteiger partial charge in [-0.3, -0.25) is 0 Å². The molecule has 0 radical (unpaired) electrons. The zero-order valence-electron chi connectivity index (χ0n) is 15.3. The number of nitrogens with zero attached hydrogens (tertiary/aromatic N) is 3. The van der Waals surface area contributed by atoms with Crippen LogP contribution in [0.5, 0.6) is 5.75 Å². The van der Waals surface area contributed by atoms with E-state index in [-0.39, 0.29) is 6.61 Å². The largest absolute Gasteiger partial charge is 0.485 e. The van der Waals surface area contributed by atoms with Gasteiger partial charge in [-0.1, -0.05) is 42.1 Å². The maximum Gasteiger partial charge on any atom is 0.416 e. The average molecular weight is 408 g/mol. The van der Waals surface area contributed by atoms with Crippen molar-refractivity contribution in [1.82, 2.24) is 14.9 Å². The van der Waals surface area contributed by atoms with E-state index in [1.165, 1.54) is 28.6 Å². The van der Waals surface area contributed by atoms with E-state index in [0.717, 1.165) is 34.6 Å². The second-order valence-electron chi connectivity index (χ2n) is 6.26. The lowest BCUT2D eigenvalue weighted by Crippen LogP contribution is -2.16. The summed E-state index contributed by atoms with van der Waals surface area (Å²) in [5.41, 5.74) is 2.09. The molecule has 1 heterocycles. The number of nitrogen functional groups attached to an aromatic ring is 1. The lowest BCUT2D eigenvalue weighted by Gasteiger charge is -2.11. The lowest BCUT2D eigenvalue weighted by molar-refractivity contribution is -0.137. The van der Waals surface area contributed by atoms with Gasteiger partial charge in [0.15, 0.2) is 5.82 Å². The van der Waals surface area contributed by atoms with Crippen molar-refractivity contribution >= 4 is 11.8 Å². The molecule has 0 spiro atoms. The van der Waals surface area contributed by atoms with Crippen molar-refractivity contribution in [1.29, 1.82) is 0 Å². The number of nitrogens with two attached hydrogens (primary N) is 1. The fraction of sp³-hybridized carbons (Fsp3) is 0.263. The quantitative estimate of drug-likeness (QED) is 0.481. The summed E-state index contributed by atoms with van der Waals surface area (Å²) < 4.78 is 45.0. The molecule has 0 unspecified atom stereocenters. The van der Waals surface area contributed by atoms with Gasteiger partial charge in [0, 0.05) is 5.75 Å². The summed E-state index contributed by atoms with van der Waals surface area (Å²) in [5.74, 6) is 7.69. The monoisotopic (exact) mass is 408 g/mol. The van der Waals surface area contributed by atoms with Gasteiger partial charge in [0.1, 0.15) is 12.4 Å². The lowest BCUT2D eigenvalue weighted by atomic mass is 10.1. The van der Waals surface area contributed by atoms with Gasteiger partial charge in [0.25, 0.3) is 0 Å². The highest BCUT2D eigenvalue weighted by atomic mass is 32.2. The van der Waals surface area contributed by atoms with Gasteiger partial charge in [-0.15, -0.1) is 10.2 Å². The van der Waals surface area contributed by atoms with Gasteiger partial charge >= 0.3 is 6.18 Å². The van der Waals surface area contributed by atoms with Gasteiger partial charge in [0.2, 0.25) is 5.16 Å². The normalized spacial score (nSPS) is 11.6. The summed E-state index contributed by atoms with van der Waals surface area (Å²) in [6, 6.07) is 10.9. The Kier molecular flexibility index (Phi) is 5.83. The van der Waals surface area contributed by atoms with Gasteiger partial charge in [-0.25, -0.2) is 4.68 Å². The van der Waals surface area contributed by atoms with Crippen LogP contribution in [0.3, 0.4) is 0 Å². The molecule has 0 saturated heterocycles. The number of thioether (sulfide) groups is 1. The first-order valence-electron chi connectivity index (χ1n) is 8.43. The first-order chi connectivity index (χ1) is 13.3. The second-order valence-corrected chi connectivity index (χ2v) is 7.20. The number of para-hydroxylation sites is 1. The van der Waals surface area contributed by atoms with Crippen LogP contribution in [0.25, 0.3) is 0 Å². The van der Waals surface area contributed by atoms with Crippen LogP contribution in [-0.2, 0) is 18.5 Å². The summed E-state index contributed by atoms with van der Waals surface area (Å²) >= 11 is 1.29. The molecule has 3 rings (SSSR count). The van der Waals surface area contributed by atoms with Crippen molar-refractivity contribution in [2.45, 2.75) is 37.5 Å². The molecule has 0 aliphatic heterocycles. The zero-order valence-corrected chi connectivity index (χ0v) is 16.1. The molecule has 3 aromatic rings. The summed E-state index contributed by atoms with van der Waals surface area (Å²) in [7, 11) is 0. The van der Waals surface area contributed by atoms with Gasteiger partial charge < -0.3 is 10.6 Å². The summed E-state index contributed by atoms with van der Waals surface area (Å²) in [5, 5.41) is 8.54. The highest BCUT2D eigenvalue weighted by molar-refractivity contribution is 7.98. The third-order valence-corrected chi connectivity index (χ3v) is 5.15. The Labute approximate surface area is 164 Å². The number of hydrogen-bond acceptors (Lipinski definition) is 5. The van der Waals surface area contributed by atoms with Crippen molar-refractivity contribution < 1.29 is 17.9 Å². The number of aryl methyl sites for hydroxylation is 2. The zero-order chi connectivity index (χ0) is 20.3. The van der Waals surface area contributed by atoms with Gasteiger partial charge in [-0.2, -0.15) is 13.2 Å². The molecule has 28 heavy (non-hydrogen) atoms. The number of hydrogen-bond donors (Lipinski definition) is 1. The van der Waals surface area contributed by atoms with Crippen LogP contribution >= 0.6 is 11.8 Å². The predicted octanol–water partition coefficient (Wildman–Crippen LogP) is 4.50. The average Bonchev–Trinajstić information content (AvgIpc) is 2.99. The Hall–Kier alpha value is -2.68. The molecule has 0 atom stereocenters. The molecular formula is C19H19F3N4OS. The van der Waals surface area contributed by atoms with Crippen molar-refractivity contribution in [2.75, 3.05) is 5.84 Å². The van der Waals surface area contributed by atoms with E-state index in [4.69, 9.17) is 10.6 Å². The first kappa shape index (κ1) is 20.1. The molecule has 1 aromatic heterocycles. The fourth-order valence-corrected chi connectivity index (χ4v) is 3.44. The number of aromatic nitrogens is 3. The number of benzene rings is 2. The Morgan fingerprint density at radius 1 is 1.04 bits per heavy atom. The molecule has 0 saturated carbocycles. The summed E-state index contributed by atoms with van der Waals surface area (Å²) in [6.07, 6.45) is -4.34. The van der Waals surface area contributed by atoms with Crippen LogP contribution in [0.4, 0.5) is 13.2 Å². The van der Waals surface area contributed by atoms with Crippen LogP contribution in [0.2, 0.25) is 0 Å². The highest BCUT2D eigenvalue weighted by Crippen LogP contribution is 2.30. The minimum atomic E-state index is -4.34. The van der Waals surface area contributed by atoms with E-state index in [1.807, 2.05) is 32.0 Å². The van der Waals surface area contributed by atoms with Crippen LogP contribution in [0.15, 0.2) is 47.6 Å². The molecule has 2 aromatic carbocycles. The Balaban J connectivity index is 1.62. The molecule has 0 bridgehead atoms. The van der Waals surface area contributed by atoms with Crippen LogP contribution < -0.4 is 10.6 Å². The molecule has 0 amide bonds. The predicted molar refractivity (Wildman–Crippen MR) is 101 cm³/mol. The molecule has 5 nitrogen and oxygen atoms in total. The van der Waals surface area contributed by atoms with Crippen LogP contribution in [0.1, 0.15) is 28.1 Å². The minimum Gasteiger partial charge on any atom is -0.485 e. The van der Waals surface area contributed by atoms with E-state index in [1.54, 1.807) is 0 Å². The van der Waals surface area contributed by atoms with Gasteiger partial charge in [0.05, 0.1) is 5.56 Å². The highest BCUT2D eigenvalue weighted by Gasteiger charge is 2.29. The van der Waals surface area contributed by atoms with Gasteiger partial charge in [-0.05, 0) is 42.7 Å². The smallest absolute Gasteiger partial charge is 0.416 e. The topological polar surface area (TPSA) is 66.0 Å². The molecule has 2 N–H and O–H groups in total. The maximum absolute atomic E-state index is 12.6. The third-order valence-electron chi connectivity index (χ3n) is 4.14. The summed E-state index contributed by atoms with van der Waals surface area (Å²) in [4.78, 5) is 0. The number of ether oxygens (including phenoxy) is 1. The van der Waals surface area contributed by atoms with Crippen molar-refractivity contribution in [3.05, 3.63) is 70.5 Å². The van der Waals surface area contributed by atoms with E-state index in [2.05, 4.69) is 10.2 Å². The molecule has 148 valence electrons. The minimum absolute atomic E-state index is 0.163. The van der Waals surface area contributed by atoms with Crippen LogP contribution in [-0.4, -0.2) is 14.9 Å². The van der Waals surface area contributed by atoms with E-state index < -0.39 is 11.7 Å². The summed E-state index contributed by atoms with van der Waals surface area (Å²) in [6.45, 7) is 4.08. The van der Waals surface area contributed by atoms with E-state index in [0.29, 0.717) is 16.7 Å². The van der Waals surface area contributed by atoms with Crippen molar-refractivity contribution in [2.24, 2.45) is 0 Å². The van der Waals surface area contributed by atoms with Crippen molar-refractivity contribution in [3.63, 3.8) is 0 Å². The Morgan fingerprint density at radius 3 is 2.29 bits per heavy atom. The molecule has 9 heteroatoms. The molecule has 0 fully saturated rings. The maximum atomic E-state index is 12.6. The molecule has 0 aliphatic carbocycles. The number of rotatable bonds is 6. The second kappa shape index (κ2) is 8.14. The third kappa shape index (κ3) is 4.59. The Bertz CT molecular complexity index is 935.